The number of nitrogens with zero attached hydrogens (tertiary/aromatic N) is 6. The molecular formula is C28H26N6. The number of imidazole rings is 1. The minimum atomic E-state index is 0.490. The maximum absolute atomic E-state index is 7.21. The van der Waals surface area contributed by atoms with E-state index in [0.717, 1.165) is 42.3 Å². The van der Waals surface area contributed by atoms with Crippen LogP contribution in [0.15, 0.2) is 67.1 Å². The lowest BCUT2D eigenvalue weighted by Crippen LogP contribution is -2.55. The van der Waals surface area contributed by atoms with Gasteiger partial charge in [-0.2, -0.15) is 0 Å². The van der Waals surface area contributed by atoms with Crippen molar-refractivity contribution in [3.05, 3.63) is 84.1 Å². The Morgan fingerprint density at radius 1 is 1.00 bits per heavy atom. The van der Waals surface area contributed by atoms with Gasteiger partial charge in [-0.15, -0.1) is 0 Å². The van der Waals surface area contributed by atoms with Crippen LogP contribution in [0.2, 0.25) is 0 Å². The van der Waals surface area contributed by atoms with Crippen molar-refractivity contribution in [1.29, 1.82) is 0 Å². The molecule has 0 amide bonds. The van der Waals surface area contributed by atoms with Crippen molar-refractivity contribution in [1.82, 2.24) is 19.0 Å². The first kappa shape index (κ1) is 19.6. The maximum atomic E-state index is 7.21. The fraction of sp³-hybridized carbons (Fsp3) is 0.286. The van der Waals surface area contributed by atoms with Gasteiger partial charge in [0.05, 0.1) is 18.0 Å². The van der Waals surface area contributed by atoms with Crippen molar-refractivity contribution in [2.75, 3.05) is 38.1 Å². The van der Waals surface area contributed by atoms with Crippen molar-refractivity contribution < 1.29 is 0 Å². The third-order valence-electron chi connectivity index (χ3n) is 7.77. The van der Waals surface area contributed by atoms with Crippen molar-refractivity contribution in [2.45, 2.75) is 13.0 Å². The van der Waals surface area contributed by atoms with Crippen LogP contribution in [0.1, 0.15) is 12.0 Å². The predicted octanol–water partition coefficient (Wildman–Crippen LogP) is 5.06. The minimum absolute atomic E-state index is 0.490. The molecule has 3 aliphatic rings. The third kappa shape index (κ3) is 2.94. The van der Waals surface area contributed by atoms with Crippen LogP contribution in [0.3, 0.4) is 0 Å². The molecule has 0 N–H and O–H groups in total. The molecule has 2 saturated heterocycles. The number of hydrogen-bond acceptors (Lipinski definition) is 3. The fourth-order valence-corrected chi connectivity index (χ4v) is 6.23. The van der Waals surface area contributed by atoms with E-state index in [1.165, 1.54) is 36.4 Å². The van der Waals surface area contributed by atoms with E-state index in [1.807, 2.05) is 30.5 Å². The van der Waals surface area contributed by atoms with Gasteiger partial charge in [0.1, 0.15) is 0 Å². The van der Waals surface area contributed by atoms with Gasteiger partial charge < -0.3 is 14.4 Å². The highest BCUT2D eigenvalue weighted by molar-refractivity contribution is 5.73. The molecule has 0 unspecified atom stereocenters. The van der Waals surface area contributed by atoms with E-state index in [2.05, 4.69) is 67.5 Å². The first-order chi connectivity index (χ1) is 16.6. The maximum Gasteiger partial charge on any atom is 0.187 e. The van der Waals surface area contributed by atoms with Gasteiger partial charge >= 0.3 is 0 Å². The molecule has 6 heteroatoms. The lowest BCUT2D eigenvalue weighted by atomic mass is 9.79. The number of anilines is 1. The Hall–Kier alpha value is -3.82. The molecule has 0 atom stereocenters. The molecule has 2 aromatic carbocycles. The Kier molecular flexibility index (Phi) is 4.09. The molecule has 6 nitrogen and oxygen atoms in total. The summed E-state index contributed by atoms with van der Waals surface area (Å²) in [5.41, 5.74) is 8.39. The first-order valence-corrected chi connectivity index (χ1v) is 11.9. The molecule has 0 aliphatic carbocycles. The SMILES string of the molecule is [C-]#[N+]c1ccc(-c2cc3n(c2)Cc2cc(N4CCC5(CN(C)C5)C4)ccc2-n2ccnc2-3)cc1. The van der Waals surface area contributed by atoms with Gasteiger partial charge in [-0.25, -0.2) is 9.83 Å². The molecule has 4 aromatic rings. The second kappa shape index (κ2) is 7.09. The standard InChI is InChI=1S/C28H26N6/c1-29-23-5-3-20(4-6-23)21-14-26-27-30-10-12-34(27)25-8-7-24(13-22(25)16-33(26)15-21)32-11-9-28(19-32)17-31(2)18-28/h3-8,10,12-15H,9,11,16-19H2,2H3. The van der Waals surface area contributed by atoms with Crippen molar-refractivity contribution >= 4 is 11.4 Å². The molecule has 2 fully saturated rings. The molecule has 34 heavy (non-hydrogen) atoms. The lowest BCUT2D eigenvalue weighted by Gasteiger charge is -2.46. The number of rotatable bonds is 2. The zero-order valence-corrected chi connectivity index (χ0v) is 19.3. The quantitative estimate of drug-likeness (QED) is 0.355. The first-order valence-electron chi connectivity index (χ1n) is 11.9. The highest BCUT2D eigenvalue weighted by Gasteiger charge is 2.46. The van der Waals surface area contributed by atoms with E-state index in [1.54, 1.807) is 0 Å². The van der Waals surface area contributed by atoms with Crippen molar-refractivity contribution in [3.63, 3.8) is 0 Å². The van der Waals surface area contributed by atoms with Gasteiger partial charge in [-0.3, -0.25) is 4.57 Å². The van der Waals surface area contributed by atoms with Crippen LogP contribution in [-0.4, -0.2) is 52.2 Å². The summed E-state index contributed by atoms with van der Waals surface area (Å²) in [6, 6.07) is 17.0. The van der Waals surface area contributed by atoms with Gasteiger partial charge in [0, 0.05) is 68.0 Å². The average molecular weight is 447 g/mol. The molecule has 7 rings (SSSR count). The average Bonchev–Trinajstić information content (AvgIpc) is 3.56. The fourth-order valence-electron chi connectivity index (χ4n) is 6.23. The monoisotopic (exact) mass is 446 g/mol. The second-order valence-electron chi connectivity index (χ2n) is 10.2. The Morgan fingerprint density at radius 2 is 1.85 bits per heavy atom. The van der Waals surface area contributed by atoms with Gasteiger partial charge in [-0.1, -0.05) is 24.3 Å². The highest BCUT2D eigenvalue weighted by Crippen LogP contribution is 2.41. The smallest absolute Gasteiger partial charge is 0.187 e. The van der Waals surface area contributed by atoms with Crippen LogP contribution in [0, 0.1) is 12.0 Å². The van der Waals surface area contributed by atoms with Gasteiger partial charge in [-0.05, 0) is 48.9 Å². The summed E-state index contributed by atoms with van der Waals surface area (Å²) >= 11 is 0. The normalized spacial score (nSPS) is 18.1. The van der Waals surface area contributed by atoms with E-state index in [4.69, 9.17) is 11.6 Å². The predicted molar refractivity (Wildman–Crippen MR) is 135 cm³/mol. The van der Waals surface area contributed by atoms with Crippen LogP contribution >= 0.6 is 0 Å². The van der Waals surface area contributed by atoms with E-state index >= 15 is 0 Å². The van der Waals surface area contributed by atoms with Crippen LogP contribution in [0.4, 0.5) is 11.4 Å². The van der Waals surface area contributed by atoms with Gasteiger partial charge in [0.25, 0.3) is 0 Å². The van der Waals surface area contributed by atoms with E-state index < -0.39 is 0 Å². The van der Waals surface area contributed by atoms with Gasteiger partial charge in [0.15, 0.2) is 11.5 Å². The van der Waals surface area contributed by atoms with Crippen molar-refractivity contribution in [2.24, 2.45) is 5.41 Å². The molecule has 0 radical (unpaired) electrons. The number of fused-ring (bicyclic) bond motifs is 5. The minimum Gasteiger partial charge on any atom is -0.371 e. The molecule has 3 aliphatic heterocycles. The number of likely N-dealkylation sites (tertiary alicyclic amines) is 1. The van der Waals surface area contributed by atoms with Crippen LogP contribution < -0.4 is 4.90 Å². The molecule has 1 spiro atoms. The zero-order valence-electron chi connectivity index (χ0n) is 19.3. The molecule has 5 heterocycles. The molecule has 2 aromatic heterocycles. The summed E-state index contributed by atoms with van der Waals surface area (Å²) < 4.78 is 4.54. The summed E-state index contributed by atoms with van der Waals surface area (Å²) in [6.45, 7) is 12.8. The zero-order chi connectivity index (χ0) is 22.9. The second-order valence-corrected chi connectivity index (χ2v) is 10.2. The Bertz CT molecular complexity index is 1450. The summed E-state index contributed by atoms with van der Waals surface area (Å²) in [6.07, 6.45) is 7.46. The van der Waals surface area contributed by atoms with Crippen molar-refractivity contribution in [3.8, 4) is 28.3 Å². The number of hydrogen-bond donors (Lipinski definition) is 0. The Labute approximate surface area is 199 Å². The lowest BCUT2D eigenvalue weighted by molar-refractivity contribution is 0.0424. The summed E-state index contributed by atoms with van der Waals surface area (Å²) in [5, 5.41) is 0. The van der Waals surface area contributed by atoms with Crippen LogP contribution in [-0.2, 0) is 6.54 Å². The van der Waals surface area contributed by atoms with Gasteiger partial charge in [0.2, 0.25) is 0 Å². The van der Waals surface area contributed by atoms with Crippen LogP contribution in [0.5, 0.6) is 0 Å². The Balaban J connectivity index is 1.26. The molecule has 168 valence electrons. The molecule has 0 bridgehead atoms. The van der Waals surface area contributed by atoms with Crippen LogP contribution in [0.25, 0.3) is 33.2 Å². The summed E-state index contributed by atoms with van der Waals surface area (Å²) in [5.74, 6) is 0.966. The topological polar surface area (TPSA) is 33.6 Å². The molecule has 0 saturated carbocycles. The molecular weight excluding hydrogens is 420 g/mol. The van der Waals surface area contributed by atoms with E-state index in [-0.39, 0.29) is 0 Å². The summed E-state index contributed by atoms with van der Waals surface area (Å²) in [4.78, 5) is 13.3. The highest BCUT2D eigenvalue weighted by atomic mass is 15.3. The van der Waals surface area contributed by atoms with E-state index in [0.29, 0.717) is 11.1 Å². The Morgan fingerprint density at radius 3 is 2.65 bits per heavy atom. The largest absolute Gasteiger partial charge is 0.371 e. The number of benzene rings is 2. The third-order valence-corrected chi connectivity index (χ3v) is 7.77. The van der Waals surface area contributed by atoms with E-state index in [9.17, 15) is 0 Å². The summed E-state index contributed by atoms with van der Waals surface area (Å²) in [7, 11) is 2.22. The number of aromatic nitrogens is 3.